The van der Waals surface area contributed by atoms with Crippen LogP contribution in [0.15, 0.2) is 194 Å². The minimum absolute atomic E-state index is 0.0433. The van der Waals surface area contributed by atoms with Gasteiger partial charge in [0, 0.05) is 44.4 Å². The second kappa shape index (κ2) is 14.0. The molecule has 2 aliphatic carbocycles. The van der Waals surface area contributed by atoms with Gasteiger partial charge in [0.25, 0.3) is 0 Å². The topological polar surface area (TPSA) is 8.17 Å². The molecule has 64 heavy (non-hydrogen) atoms. The van der Waals surface area contributed by atoms with Crippen molar-refractivity contribution in [2.45, 2.75) is 52.4 Å². The standard InChI is InChI=1S/C62H50N2/c1-39-15-24-45(25-16-39)63(46-26-18-41(19-27-46)43-22-32-51-50-31-17-40(2)35-56(50)62(5,6)57(51)36-43)47-28-20-42(21-29-47)44-23-33-54-53-12-8-10-14-59(53)64(60(54)37-44)48-30-34-52-49-11-7-9-13-55(49)61(3,4)58(52)38-48/h7-38H,1-6H3. The van der Waals surface area contributed by atoms with Gasteiger partial charge in [0.05, 0.1) is 11.0 Å². The van der Waals surface area contributed by atoms with Crippen molar-refractivity contribution in [3.8, 4) is 50.2 Å². The SMILES string of the molecule is Cc1ccc(N(c2ccc(-c3ccc4c(c3)C(C)(C)c3cc(C)ccc3-4)cc2)c2ccc(-c3ccc4c5ccccc5n(-c5ccc6c(c5)C(C)(C)c5ccccc5-6)c4c3)cc2)cc1. The van der Waals surface area contributed by atoms with E-state index in [-0.39, 0.29) is 10.8 Å². The van der Waals surface area contributed by atoms with Crippen LogP contribution in [0.2, 0.25) is 0 Å². The summed E-state index contributed by atoms with van der Waals surface area (Å²) in [6.07, 6.45) is 0. The molecule has 1 aromatic heterocycles. The average molecular weight is 823 g/mol. The number of hydrogen-bond acceptors (Lipinski definition) is 1. The molecule has 0 spiro atoms. The van der Waals surface area contributed by atoms with Crippen LogP contribution in [0.3, 0.4) is 0 Å². The van der Waals surface area contributed by atoms with Gasteiger partial charge in [0.15, 0.2) is 0 Å². The fourth-order valence-corrected chi connectivity index (χ4v) is 11.0. The van der Waals surface area contributed by atoms with Crippen LogP contribution in [0.25, 0.3) is 72.0 Å². The number of fused-ring (bicyclic) bond motifs is 9. The lowest BCUT2D eigenvalue weighted by molar-refractivity contribution is 0.660. The molecule has 0 unspecified atom stereocenters. The molecule has 10 aromatic rings. The Bertz CT molecular complexity index is 3490. The quantitative estimate of drug-likeness (QED) is 0.162. The van der Waals surface area contributed by atoms with Crippen molar-refractivity contribution in [1.29, 1.82) is 0 Å². The van der Waals surface area contributed by atoms with E-state index in [9.17, 15) is 0 Å². The van der Waals surface area contributed by atoms with Gasteiger partial charge in [0.1, 0.15) is 0 Å². The first-order valence-electron chi connectivity index (χ1n) is 22.7. The Morgan fingerprint density at radius 3 is 1.52 bits per heavy atom. The van der Waals surface area contributed by atoms with Crippen LogP contribution >= 0.6 is 0 Å². The van der Waals surface area contributed by atoms with Crippen LogP contribution in [0.4, 0.5) is 17.1 Å². The van der Waals surface area contributed by atoms with E-state index >= 15 is 0 Å². The van der Waals surface area contributed by atoms with E-state index in [0.29, 0.717) is 0 Å². The van der Waals surface area contributed by atoms with Gasteiger partial charge in [-0.2, -0.15) is 0 Å². The highest BCUT2D eigenvalue weighted by Crippen LogP contribution is 2.51. The molecule has 2 heteroatoms. The zero-order chi connectivity index (χ0) is 43.5. The van der Waals surface area contributed by atoms with Gasteiger partial charge < -0.3 is 9.47 Å². The summed E-state index contributed by atoms with van der Waals surface area (Å²) >= 11 is 0. The minimum Gasteiger partial charge on any atom is -0.311 e. The first kappa shape index (κ1) is 38.3. The van der Waals surface area contributed by atoms with Crippen LogP contribution in [0.1, 0.15) is 61.1 Å². The Morgan fingerprint density at radius 1 is 0.344 bits per heavy atom. The summed E-state index contributed by atoms with van der Waals surface area (Å²) < 4.78 is 2.47. The Balaban J connectivity index is 0.901. The molecule has 0 atom stereocenters. The van der Waals surface area contributed by atoms with Gasteiger partial charge in [-0.15, -0.1) is 0 Å². The molecule has 0 fully saturated rings. The highest BCUT2D eigenvalue weighted by Gasteiger charge is 2.37. The number of nitrogens with zero attached hydrogens (tertiary/aromatic N) is 2. The van der Waals surface area contributed by atoms with Crippen LogP contribution in [0.5, 0.6) is 0 Å². The predicted molar refractivity (Wildman–Crippen MR) is 271 cm³/mol. The zero-order valence-electron chi connectivity index (χ0n) is 37.4. The average Bonchev–Trinajstić information content (AvgIpc) is 3.86. The number of benzene rings is 9. The van der Waals surface area contributed by atoms with Crippen LogP contribution in [-0.4, -0.2) is 4.57 Å². The van der Waals surface area contributed by atoms with Gasteiger partial charge in [-0.05, 0) is 147 Å². The van der Waals surface area contributed by atoms with E-state index in [1.54, 1.807) is 0 Å². The fraction of sp³-hybridized carbons (Fsp3) is 0.129. The summed E-state index contributed by atoms with van der Waals surface area (Å²) in [7, 11) is 0. The summed E-state index contributed by atoms with van der Waals surface area (Å²) in [5.74, 6) is 0. The van der Waals surface area contributed by atoms with Crippen molar-refractivity contribution in [1.82, 2.24) is 4.57 Å². The fourth-order valence-electron chi connectivity index (χ4n) is 11.0. The van der Waals surface area contributed by atoms with Gasteiger partial charge in [-0.25, -0.2) is 0 Å². The maximum atomic E-state index is 2.47. The predicted octanol–water partition coefficient (Wildman–Crippen LogP) is 16.8. The molecule has 0 saturated heterocycles. The van der Waals surface area contributed by atoms with Crippen molar-refractivity contribution in [2.24, 2.45) is 0 Å². The number of anilines is 3. The lowest BCUT2D eigenvalue weighted by Gasteiger charge is -2.26. The summed E-state index contributed by atoms with van der Waals surface area (Å²) in [5, 5.41) is 2.53. The van der Waals surface area contributed by atoms with Gasteiger partial charge in [-0.1, -0.05) is 166 Å². The summed E-state index contributed by atoms with van der Waals surface area (Å²) in [6.45, 7) is 13.8. The minimum atomic E-state index is -0.0748. The summed E-state index contributed by atoms with van der Waals surface area (Å²) in [6, 6.07) is 72.7. The maximum absolute atomic E-state index is 2.47. The molecular weight excluding hydrogens is 773 g/mol. The van der Waals surface area contributed by atoms with Crippen molar-refractivity contribution >= 4 is 38.9 Å². The Labute approximate surface area is 376 Å². The van der Waals surface area contributed by atoms with Crippen molar-refractivity contribution in [2.75, 3.05) is 4.90 Å². The smallest absolute Gasteiger partial charge is 0.0547 e. The van der Waals surface area contributed by atoms with Crippen molar-refractivity contribution in [3.05, 3.63) is 228 Å². The van der Waals surface area contributed by atoms with Gasteiger partial charge in [-0.3, -0.25) is 0 Å². The summed E-state index contributed by atoms with van der Waals surface area (Å²) in [5.41, 5.74) is 25.3. The van der Waals surface area contributed by atoms with E-state index < -0.39 is 0 Å². The van der Waals surface area contributed by atoms with E-state index in [1.807, 2.05) is 0 Å². The van der Waals surface area contributed by atoms with Crippen molar-refractivity contribution in [3.63, 3.8) is 0 Å². The third-order valence-corrected chi connectivity index (χ3v) is 14.5. The molecule has 0 N–H and O–H groups in total. The van der Waals surface area contributed by atoms with E-state index in [0.717, 1.165) is 17.1 Å². The molecule has 2 nitrogen and oxygen atoms in total. The molecule has 2 aliphatic rings. The summed E-state index contributed by atoms with van der Waals surface area (Å²) in [4.78, 5) is 2.37. The third-order valence-electron chi connectivity index (χ3n) is 14.5. The van der Waals surface area contributed by atoms with E-state index in [2.05, 4.69) is 245 Å². The number of rotatable bonds is 6. The Morgan fingerprint density at radius 2 is 0.812 bits per heavy atom. The molecule has 308 valence electrons. The number of aryl methyl sites for hydroxylation is 2. The van der Waals surface area contributed by atoms with Crippen molar-refractivity contribution < 1.29 is 0 Å². The molecule has 0 bridgehead atoms. The highest BCUT2D eigenvalue weighted by atomic mass is 15.1. The maximum Gasteiger partial charge on any atom is 0.0547 e. The first-order chi connectivity index (χ1) is 31.0. The largest absolute Gasteiger partial charge is 0.311 e. The Kier molecular flexibility index (Phi) is 8.40. The molecule has 1 heterocycles. The first-order valence-corrected chi connectivity index (χ1v) is 22.7. The van der Waals surface area contributed by atoms with Gasteiger partial charge >= 0.3 is 0 Å². The Hall–Kier alpha value is -7.42. The molecule has 0 saturated carbocycles. The molecule has 0 aliphatic heterocycles. The molecule has 0 radical (unpaired) electrons. The van der Waals surface area contributed by atoms with Gasteiger partial charge in [0.2, 0.25) is 0 Å². The second-order valence-electron chi connectivity index (χ2n) is 19.2. The number of hydrogen-bond donors (Lipinski definition) is 0. The van der Waals surface area contributed by atoms with Crippen LogP contribution in [-0.2, 0) is 10.8 Å². The second-order valence-corrected chi connectivity index (χ2v) is 19.2. The number of aromatic nitrogens is 1. The molecule has 12 rings (SSSR count). The third kappa shape index (κ3) is 5.78. The monoisotopic (exact) mass is 822 g/mol. The van der Waals surface area contributed by atoms with E-state index in [4.69, 9.17) is 0 Å². The van der Waals surface area contributed by atoms with E-state index in [1.165, 1.54) is 105 Å². The normalized spacial score (nSPS) is 14.0. The molecule has 9 aromatic carbocycles. The highest BCUT2D eigenvalue weighted by molar-refractivity contribution is 6.10. The molecular formula is C62H50N2. The molecule has 0 amide bonds. The van der Waals surface area contributed by atoms with Crippen LogP contribution < -0.4 is 4.90 Å². The van der Waals surface area contributed by atoms with Crippen LogP contribution in [0, 0.1) is 13.8 Å². The lowest BCUT2D eigenvalue weighted by atomic mass is 9.81. The number of para-hydroxylation sites is 1. The lowest BCUT2D eigenvalue weighted by Crippen LogP contribution is -2.15. The zero-order valence-corrected chi connectivity index (χ0v) is 37.4.